The lowest BCUT2D eigenvalue weighted by molar-refractivity contribution is 0.0953. The summed E-state index contributed by atoms with van der Waals surface area (Å²) in [5, 5.41) is 11.3. The van der Waals surface area contributed by atoms with Crippen LogP contribution in [0.25, 0.3) is 0 Å². The number of rotatable bonds is 5. The number of aromatic nitrogens is 2. The Labute approximate surface area is 135 Å². The van der Waals surface area contributed by atoms with Crippen LogP contribution in [0.3, 0.4) is 0 Å². The standard InChI is InChI=1S/C14H12ClN3OS2/c15-13-3-2-12(21-13)14(19)16-8-11(10-4-7-20-9-10)18-6-1-5-17-18/h1-7,9,11H,8H2,(H,16,19)/t11-/m1/s1. The van der Waals surface area contributed by atoms with Crippen molar-refractivity contribution in [2.45, 2.75) is 6.04 Å². The molecule has 3 aromatic heterocycles. The van der Waals surface area contributed by atoms with Crippen LogP contribution < -0.4 is 5.32 Å². The molecule has 0 saturated carbocycles. The maximum absolute atomic E-state index is 12.1. The summed E-state index contributed by atoms with van der Waals surface area (Å²) in [5.41, 5.74) is 1.13. The fraction of sp³-hybridized carbons (Fsp3) is 0.143. The van der Waals surface area contributed by atoms with Gasteiger partial charge in [0.25, 0.3) is 5.91 Å². The van der Waals surface area contributed by atoms with Gasteiger partial charge in [-0.05, 0) is 40.6 Å². The molecule has 1 atom stereocenters. The van der Waals surface area contributed by atoms with Gasteiger partial charge in [0.05, 0.1) is 15.3 Å². The summed E-state index contributed by atoms with van der Waals surface area (Å²) in [6.45, 7) is 0.479. The number of thiophene rings is 2. The number of halogens is 1. The molecule has 0 aromatic carbocycles. The Balaban J connectivity index is 1.72. The Bertz CT molecular complexity index is 672. The first-order valence-electron chi connectivity index (χ1n) is 6.29. The van der Waals surface area contributed by atoms with Crippen molar-refractivity contribution >= 4 is 40.2 Å². The third kappa shape index (κ3) is 3.34. The van der Waals surface area contributed by atoms with E-state index in [-0.39, 0.29) is 11.9 Å². The number of amides is 1. The van der Waals surface area contributed by atoms with Gasteiger partial charge in [0.15, 0.2) is 0 Å². The Hall–Kier alpha value is -1.63. The predicted octanol–water partition coefficient (Wildman–Crippen LogP) is 3.68. The van der Waals surface area contributed by atoms with Gasteiger partial charge in [-0.1, -0.05) is 11.6 Å². The minimum Gasteiger partial charge on any atom is -0.349 e. The Kier molecular flexibility index (Phi) is 4.38. The molecule has 0 saturated heterocycles. The zero-order chi connectivity index (χ0) is 14.7. The van der Waals surface area contributed by atoms with E-state index in [1.165, 1.54) is 11.3 Å². The maximum atomic E-state index is 12.1. The predicted molar refractivity (Wildman–Crippen MR) is 86.3 cm³/mol. The Morgan fingerprint density at radius 1 is 1.43 bits per heavy atom. The van der Waals surface area contributed by atoms with Crippen LogP contribution in [0.15, 0.2) is 47.4 Å². The molecule has 0 aliphatic carbocycles. The van der Waals surface area contributed by atoms with Crippen LogP contribution in [-0.2, 0) is 0 Å². The van der Waals surface area contributed by atoms with Crippen molar-refractivity contribution in [1.29, 1.82) is 0 Å². The second-order valence-corrected chi connectivity index (χ2v) is 6.87. The molecular formula is C14H12ClN3OS2. The molecule has 3 rings (SSSR count). The summed E-state index contributed by atoms with van der Waals surface area (Å²) in [6, 6.07) is 7.37. The first-order valence-corrected chi connectivity index (χ1v) is 8.42. The van der Waals surface area contributed by atoms with E-state index in [1.807, 2.05) is 28.4 Å². The van der Waals surface area contributed by atoms with Crippen LogP contribution in [0.4, 0.5) is 0 Å². The second kappa shape index (κ2) is 6.43. The smallest absolute Gasteiger partial charge is 0.261 e. The van der Waals surface area contributed by atoms with Crippen molar-refractivity contribution in [2.24, 2.45) is 0 Å². The molecule has 108 valence electrons. The van der Waals surface area contributed by atoms with Gasteiger partial charge in [0.1, 0.15) is 0 Å². The van der Waals surface area contributed by atoms with Crippen LogP contribution in [0.2, 0.25) is 4.34 Å². The average Bonchev–Trinajstić information content (AvgIpc) is 3.21. The zero-order valence-corrected chi connectivity index (χ0v) is 13.3. The van der Waals surface area contributed by atoms with E-state index in [0.717, 1.165) is 5.56 Å². The largest absolute Gasteiger partial charge is 0.349 e. The van der Waals surface area contributed by atoms with Crippen molar-refractivity contribution in [1.82, 2.24) is 15.1 Å². The molecule has 0 spiro atoms. The van der Waals surface area contributed by atoms with Crippen LogP contribution in [0.5, 0.6) is 0 Å². The molecule has 1 amide bonds. The van der Waals surface area contributed by atoms with Crippen molar-refractivity contribution in [2.75, 3.05) is 6.54 Å². The second-order valence-electron chi connectivity index (χ2n) is 4.37. The number of hydrogen-bond donors (Lipinski definition) is 1. The summed E-state index contributed by atoms with van der Waals surface area (Å²) < 4.78 is 2.46. The van der Waals surface area contributed by atoms with Gasteiger partial charge >= 0.3 is 0 Å². The highest BCUT2D eigenvalue weighted by atomic mass is 35.5. The van der Waals surface area contributed by atoms with Gasteiger partial charge in [-0.25, -0.2) is 0 Å². The molecule has 21 heavy (non-hydrogen) atoms. The summed E-state index contributed by atoms with van der Waals surface area (Å²) in [4.78, 5) is 12.7. The summed E-state index contributed by atoms with van der Waals surface area (Å²) in [5.74, 6) is -0.112. The van der Waals surface area contributed by atoms with E-state index in [0.29, 0.717) is 15.8 Å². The molecule has 3 aromatic rings. The van der Waals surface area contributed by atoms with Crippen molar-refractivity contribution in [3.8, 4) is 0 Å². The molecule has 1 N–H and O–H groups in total. The number of nitrogens with one attached hydrogen (secondary N) is 1. The van der Waals surface area contributed by atoms with Crippen LogP contribution in [-0.4, -0.2) is 22.2 Å². The lowest BCUT2D eigenvalue weighted by Crippen LogP contribution is -2.31. The quantitative estimate of drug-likeness (QED) is 0.772. The van der Waals surface area contributed by atoms with Gasteiger partial charge < -0.3 is 5.32 Å². The highest BCUT2D eigenvalue weighted by molar-refractivity contribution is 7.18. The molecule has 0 radical (unpaired) electrons. The summed E-state index contributed by atoms with van der Waals surface area (Å²) in [7, 11) is 0. The van der Waals surface area contributed by atoms with E-state index in [4.69, 9.17) is 11.6 Å². The Morgan fingerprint density at radius 2 is 2.33 bits per heavy atom. The SMILES string of the molecule is O=C(NC[C@H](c1ccsc1)n1cccn1)c1ccc(Cl)s1. The number of carbonyl (C=O) groups excluding carboxylic acids is 1. The van der Waals surface area contributed by atoms with E-state index in [9.17, 15) is 4.79 Å². The molecule has 4 nitrogen and oxygen atoms in total. The maximum Gasteiger partial charge on any atom is 0.261 e. The first-order chi connectivity index (χ1) is 10.2. The van der Waals surface area contributed by atoms with Crippen molar-refractivity contribution in [3.63, 3.8) is 0 Å². The lowest BCUT2D eigenvalue weighted by atomic mass is 10.1. The monoisotopic (exact) mass is 337 g/mol. The first kappa shape index (κ1) is 14.3. The van der Waals surface area contributed by atoms with Crippen LogP contribution in [0.1, 0.15) is 21.3 Å². The normalized spacial score (nSPS) is 12.2. The van der Waals surface area contributed by atoms with Gasteiger partial charge in [-0.15, -0.1) is 11.3 Å². The minimum atomic E-state index is -0.112. The van der Waals surface area contributed by atoms with Crippen LogP contribution >= 0.6 is 34.3 Å². The van der Waals surface area contributed by atoms with E-state index in [2.05, 4.69) is 15.8 Å². The van der Waals surface area contributed by atoms with Gasteiger partial charge in [0, 0.05) is 18.9 Å². The van der Waals surface area contributed by atoms with Gasteiger partial charge in [-0.2, -0.15) is 16.4 Å². The summed E-state index contributed by atoms with van der Waals surface area (Å²) in [6.07, 6.45) is 3.64. The minimum absolute atomic E-state index is 0.00867. The lowest BCUT2D eigenvalue weighted by Gasteiger charge is -2.17. The van der Waals surface area contributed by atoms with Crippen LogP contribution in [0, 0.1) is 0 Å². The third-order valence-electron chi connectivity index (χ3n) is 3.03. The number of carbonyl (C=O) groups is 1. The van der Waals surface area contributed by atoms with E-state index in [1.54, 1.807) is 29.7 Å². The number of hydrogen-bond acceptors (Lipinski definition) is 4. The highest BCUT2D eigenvalue weighted by Crippen LogP contribution is 2.22. The fourth-order valence-electron chi connectivity index (χ4n) is 2.01. The van der Waals surface area contributed by atoms with E-state index >= 15 is 0 Å². The van der Waals surface area contributed by atoms with Gasteiger partial charge in [-0.3, -0.25) is 9.48 Å². The van der Waals surface area contributed by atoms with E-state index < -0.39 is 0 Å². The molecule has 0 fully saturated rings. The molecule has 0 bridgehead atoms. The fourth-order valence-corrected chi connectivity index (χ4v) is 3.67. The topological polar surface area (TPSA) is 46.9 Å². The molecule has 3 heterocycles. The molecule has 0 aliphatic rings. The van der Waals surface area contributed by atoms with Crippen molar-refractivity contribution in [3.05, 3.63) is 62.2 Å². The molecule has 0 aliphatic heterocycles. The highest BCUT2D eigenvalue weighted by Gasteiger charge is 2.17. The Morgan fingerprint density at radius 3 is 2.95 bits per heavy atom. The molecule has 7 heteroatoms. The third-order valence-corrected chi connectivity index (χ3v) is 4.96. The zero-order valence-electron chi connectivity index (χ0n) is 10.9. The summed E-state index contributed by atoms with van der Waals surface area (Å²) >= 11 is 8.76. The molecular weight excluding hydrogens is 326 g/mol. The number of nitrogens with zero attached hydrogens (tertiary/aromatic N) is 2. The average molecular weight is 338 g/mol. The molecule has 0 unspecified atom stereocenters. The van der Waals surface area contributed by atoms with Crippen molar-refractivity contribution < 1.29 is 4.79 Å². The van der Waals surface area contributed by atoms with Gasteiger partial charge in [0.2, 0.25) is 0 Å².